The van der Waals surface area contributed by atoms with Crippen molar-refractivity contribution < 1.29 is 9.59 Å². The normalized spacial score (nSPS) is 20.6. The number of rotatable bonds is 3. The lowest BCUT2D eigenvalue weighted by atomic mass is 10.1. The van der Waals surface area contributed by atoms with E-state index in [1.165, 1.54) is 0 Å². The van der Waals surface area contributed by atoms with Gasteiger partial charge in [-0.2, -0.15) is 0 Å². The minimum absolute atomic E-state index is 0.0731. The maximum absolute atomic E-state index is 11.7. The van der Waals surface area contributed by atoms with Crippen LogP contribution >= 0.6 is 0 Å². The molecule has 2 rings (SSSR count). The van der Waals surface area contributed by atoms with Gasteiger partial charge in [0.2, 0.25) is 6.29 Å². The van der Waals surface area contributed by atoms with Crippen molar-refractivity contribution in [2.75, 3.05) is 13.1 Å². The molecule has 0 aromatic heterocycles. The van der Waals surface area contributed by atoms with Crippen LogP contribution in [0.5, 0.6) is 0 Å². The highest BCUT2D eigenvalue weighted by Crippen LogP contribution is 2.11. The van der Waals surface area contributed by atoms with Gasteiger partial charge in [0, 0.05) is 24.6 Å². The summed E-state index contributed by atoms with van der Waals surface area (Å²) in [4.78, 5) is 22.2. The Morgan fingerprint density at radius 2 is 2.12 bits per heavy atom. The standard InChI is InChI=1S/C12H13N2O2/c15-9-10-6-7-14(8-10)13-12(16)11-4-2-1-3-5-11/h1-5,10H,6-8H2,(H,13,16). The maximum Gasteiger partial charge on any atom is 0.265 e. The summed E-state index contributed by atoms with van der Waals surface area (Å²) in [5, 5.41) is 1.77. The SMILES string of the molecule is O=[C]C1CCN(NC(=O)c2ccccc2)C1. The summed E-state index contributed by atoms with van der Waals surface area (Å²) in [5.74, 6) is -0.205. The van der Waals surface area contributed by atoms with Gasteiger partial charge in [-0.25, -0.2) is 5.01 Å². The van der Waals surface area contributed by atoms with Crippen LogP contribution in [0.1, 0.15) is 16.8 Å². The van der Waals surface area contributed by atoms with Gasteiger partial charge in [-0.1, -0.05) is 18.2 Å². The lowest BCUT2D eigenvalue weighted by Crippen LogP contribution is -2.40. The largest absolute Gasteiger partial charge is 0.291 e. The molecule has 4 heteroatoms. The molecule has 1 N–H and O–H groups in total. The lowest BCUT2D eigenvalue weighted by Gasteiger charge is -2.16. The van der Waals surface area contributed by atoms with Crippen molar-refractivity contribution in [3.05, 3.63) is 35.9 Å². The number of hydrogen-bond acceptors (Lipinski definition) is 3. The molecule has 83 valence electrons. The molecule has 1 radical (unpaired) electrons. The fraction of sp³-hybridized carbons (Fsp3) is 0.333. The molecule has 16 heavy (non-hydrogen) atoms. The van der Waals surface area contributed by atoms with Crippen LogP contribution < -0.4 is 5.43 Å². The minimum atomic E-state index is -0.132. The van der Waals surface area contributed by atoms with E-state index in [1.54, 1.807) is 17.1 Å². The molecule has 1 unspecified atom stereocenters. The van der Waals surface area contributed by atoms with Crippen LogP contribution in [0.3, 0.4) is 0 Å². The van der Waals surface area contributed by atoms with Crippen molar-refractivity contribution in [2.24, 2.45) is 5.92 Å². The zero-order valence-corrected chi connectivity index (χ0v) is 8.85. The summed E-state index contributed by atoms with van der Waals surface area (Å²) >= 11 is 0. The number of carbonyl (C=O) groups excluding carboxylic acids is 2. The highest BCUT2D eigenvalue weighted by molar-refractivity contribution is 5.93. The molecular weight excluding hydrogens is 204 g/mol. The monoisotopic (exact) mass is 217 g/mol. The summed E-state index contributed by atoms with van der Waals surface area (Å²) < 4.78 is 0. The van der Waals surface area contributed by atoms with E-state index < -0.39 is 0 Å². The fourth-order valence-corrected chi connectivity index (χ4v) is 1.76. The van der Waals surface area contributed by atoms with E-state index in [9.17, 15) is 9.59 Å². The first-order chi connectivity index (χ1) is 7.79. The quantitative estimate of drug-likeness (QED) is 0.813. The molecule has 0 saturated carbocycles. The number of benzene rings is 1. The number of hydrazine groups is 1. The van der Waals surface area contributed by atoms with Gasteiger partial charge >= 0.3 is 0 Å². The number of nitrogens with zero attached hydrogens (tertiary/aromatic N) is 1. The fourth-order valence-electron chi connectivity index (χ4n) is 1.76. The average Bonchev–Trinajstić information content (AvgIpc) is 2.78. The van der Waals surface area contributed by atoms with E-state index in [1.807, 2.05) is 24.5 Å². The highest BCUT2D eigenvalue weighted by atomic mass is 16.2. The number of hydrogen-bond donors (Lipinski definition) is 1. The van der Waals surface area contributed by atoms with Gasteiger partial charge in [-0.3, -0.25) is 15.0 Å². The molecule has 0 spiro atoms. The van der Waals surface area contributed by atoms with Gasteiger partial charge in [0.25, 0.3) is 5.91 Å². The van der Waals surface area contributed by atoms with Crippen LogP contribution in [-0.2, 0) is 4.79 Å². The molecule has 1 atom stereocenters. The van der Waals surface area contributed by atoms with Crippen molar-refractivity contribution in [3.8, 4) is 0 Å². The van der Waals surface area contributed by atoms with E-state index in [4.69, 9.17) is 0 Å². The van der Waals surface area contributed by atoms with Crippen LogP contribution in [0, 0.1) is 5.92 Å². The summed E-state index contributed by atoms with van der Waals surface area (Å²) in [5.41, 5.74) is 3.40. The Kier molecular flexibility index (Phi) is 3.31. The average molecular weight is 217 g/mol. The summed E-state index contributed by atoms with van der Waals surface area (Å²) in [7, 11) is 0. The van der Waals surface area contributed by atoms with Gasteiger partial charge in [0.15, 0.2) is 0 Å². The van der Waals surface area contributed by atoms with Crippen molar-refractivity contribution in [1.82, 2.24) is 10.4 Å². The van der Waals surface area contributed by atoms with Gasteiger partial charge in [0.1, 0.15) is 0 Å². The second-order valence-electron chi connectivity index (χ2n) is 3.86. The smallest absolute Gasteiger partial charge is 0.265 e. The molecule has 1 heterocycles. The van der Waals surface area contributed by atoms with Crippen molar-refractivity contribution in [2.45, 2.75) is 6.42 Å². The van der Waals surface area contributed by atoms with Gasteiger partial charge in [-0.15, -0.1) is 0 Å². The maximum atomic E-state index is 11.7. The Labute approximate surface area is 94.2 Å². The topological polar surface area (TPSA) is 49.4 Å². The van der Waals surface area contributed by atoms with Crippen LogP contribution in [0.2, 0.25) is 0 Å². The second kappa shape index (κ2) is 4.90. The first-order valence-corrected chi connectivity index (χ1v) is 5.28. The third-order valence-electron chi connectivity index (χ3n) is 2.65. The van der Waals surface area contributed by atoms with E-state index >= 15 is 0 Å². The first kappa shape index (κ1) is 10.8. The molecule has 1 saturated heterocycles. The predicted molar refractivity (Wildman–Crippen MR) is 59.3 cm³/mol. The summed E-state index contributed by atoms with van der Waals surface area (Å²) in [6.07, 6.45) is 2.73. The molecule has 1 fully saturated rings. The molecule has 1 aliphatic heterocycles. The third-order valence-corrected chi connectivity index (χ3v) is 2.65. The molecule has 1 aromatic rings. The molecule has 4 nitrogen and oxygen atoms in total. The third kappa shape index (κ3) is 2.46. The zero-order chi connectivity index (χ0) is 11.4. The molecule has 1 amide bonds. The van der Waals surface area contributed by atoms with E-state index in [-0.39, 0.29) is 11.8 Å². The number of nitrogens with one attached hydrogen (secondary N) is 1. The Balaban J connectivity index is 1.91. The van der Waals surface area contributed by atoms with E-state index in [2.05, 4.69) is 5.43 Å². The number of carbonyl (C=O) groups is 1. The molecular formula is C12H13N2O2. The Morgan fingerprint density at radius 3 is 2.75 bits per heavy atom. The van der Waals surface area contributed by atoms with Crippen LogP contribution in [0.25, 0.3) is 0 Å². The van der Waals surface area contributed by atoms with E-state index in [0.29, 0.717) is 18.7 Å². The first-order valence-electron chi connectivity index (χ1n) is 5.28. The van der Waals surface area contributed by atoms with Crippen LogP contribution in [0.4, 0.5) is 0 Å². The minimum Gasteiger partial charge on any atom is -0.291 e. The van der Waals surface area contributed by atoms with Gasteiger partial charge in [-0.05, 0) is 18.6 Å². The van der Waals surface area contributed by atoms with Crippen molar-refractivity contribution in [1.29, 1.82) is 0 Å². The number of amides is 1. The Bertz CT molecular complexity index is 378. The van der Waals surface area contributed by atoms with Gasteiger partial charge in [0.05, 0.1) is 0 Å². The Morgan fingerprint density at radius 1 is 1.38 bits per heavy atom. The zero-order valence-electron chi connectivity index (χ0n) is 8.85. The lowest BCUT2D eigenvalue weighted by molar-refractivity contribution is 0.0823. The van der Waals surface area contributed by atoms with Crippen molar-refractivity contribution in [3.63, 3.8) is 0 Å². The molecule has 0 bridgehead atoms. The molecule has 0 aliphatic carbocycles. The second-order valence-corrected chi connectivity index (χ2v) is 3.86. The van der Waals surface area contributed by atoms with Crippen molar-refractivity contribution >= 4 is 12.2 Å². The van der Waals surface area contributed by atoms with Crippen LogP contribution in [0.15, 0.2) is 30.3 Å². The van der Waals surface area contributed by atoms with Crippen LogP contribution in [-0.4, -0.2) is 30.3 Å². The molecule has 1 aliphatic rings. The van der Waals surface area contributed by atoms with Gasteiger partial charge < -0.3 is 0 Å². The summed E-state index contributed by atoms with van der Waals surface area (Å²) in [6, 6.07) is 9.02. The van der Waals surface area contributed by atoms with E-state index in [0.717, 1.165) is 6.42 Å². The summed E-state index contributed by atoms with van der Waals surface area (Å²) in [6.45, 7) is 1.26. The molecule has 1 aromatic carbocycles. The Hall–Kier alpha value is -1.68. The predicted octanol–water partition coefficient (Wildman–Crippen LogP) is 0.763. The highest BCUT2D eigenvalue weighted by Gasteiger charge is 2.23.